The molecule has 7 heteroatoms. The Bertz CT molecular complexity index is 881. The van der Waals surface area contributed by atoms with Gasteiger partial charge in [0.25, 0.3) is 5.91 Å². The van der Waals surface area contributed by atoms with Crippen molar-refractivity contribution in [3.8, 4) is 0 Å². The molecule has 4 rings (SSSR count). The van der Waals surface area contributed by atoms with Crippen LogP contribution in [0.5, 0.6) is 0 Å². The number of piperazine rings is 1. The molecule has 1 N–H and O–H groups in total. The number of nitrogens with one attached hydrogen (secondary N) is 1. The second-order valence-electron chi connectivity index (χ2n) is 7.52. The molecule has 0 radical (unpaired) electrons. The van der Waals surface area contributed by atoms with Crippen molar-refractivity contribution in [3.63, 3.8) is 0 Å². The van der Waals surface area contributed by atoms with E-state index < -0.39 is 5.82 Å². The highest BCUT2D eigenvalue weighted by molar-refractivity contribution is 8.01. The van der Waals surface area contributed by atoms with Crippen LogP contribution in [0.25, 0.3) is 0 Å². The van der Waals surface area contributed by atoms with Gasteiger partial charge in [-0.3, -0.25) is 4.79 Å². The van der Waals surface area contributed by atoms with Gasteiger partial charge in [-0.15, -0.1) is 11.8 Å². The molecule has 1 aliphatic heterocycles. The first-order chi connectivity index (χ1) is 14.1. The summed E-state index contributed by atoms with van der Waals surface area (Å²) < 4.78 is 13.9. The number of carbonyl (C=O) groups is 2. The van der Waals surface area contributed by atoms with E-state index in [9.17, 15) is 14.0 Å². The molecule has 1 saturated heterocycles. The Morgan fingerprint density at radius 3 is 2.21 bits per heavy atom. The van der Waals surface area contributed by atoms with E-state index in [1.54, 1.807) is 21.9 Å². The standard InChI is InChI=1S/C22H24FN3O2S/c23-19-9-5-4-8-18(19)20(27)25-12-14-26(15-13-25)21(28)24-16-22(10-11-22)29-17-6-2-1-3-7-17/h1-9H,10-16H2,(H,24,28). The van der Waals surface area contributed by atoms with Gasteiger partial charge < -0.3 is 15.1 Å². The van der Waals surface area contributed by atoms with E-state index in [4.69, 9.17) is 0 Å². The number of benzene rings is 2. The molecule has 1 heterocycles. The molecule has 0 bridgehead atoms. The lowest BCUT2D eigenvalue weighted by Crippen LogP contribution is -2.54. The summed E-state index contributed by atoms with van der Waals surface area (Å²) in [4.78, 5) is 29.6. The summed E-state index contributed by atoms with van der Waals surface area (Å²) in [5.41, 5.74) is 0.0824. The summed E-state index contributed by atoms with van der Waals surface area (Å²) in [5, 5.41) is 3.06. The number of rotatable bonds is 5. The number of hydrogen-bond donors (Lipinski definition) is 1. The first-order valence-electron chi connectivity index (χ1n) is 9.87. The lowest BCUT2D eigenvalue weighted by atomic mass is 10.1. The Balaban J connectivity index is 1.25. The van der Waals surface area contributed by atoms with E-state index in [2.05, 4.69) is 17.4 Å². The van der Waals surface area contributed by atoms with Gasteiger partial charge in [0.05, 0.1) is 5.56 Å². The van der Waals surface area contributed by atoms with Gasteiger partial charge in [-0.05, 0) is 37.1 Å². The minimum Gasteiger partial charge on any atom is -0.337 e. The summed E-state index contributed by atoms with van der Waals surface area (Å²) in [6.07, 6.45) is 2.19. The summed E-state index contributed by atoms with van der Waals surface area (Å²) in [7, 11) is 0. The minimum absolute atomic E-state index is 0.0824. The SMILES string of the molecule is O=C(NCC1(Sc2ccccc2)CC1)N1CCN(C(=O)c2ccccc2F)CC1. The Morgan fingerprint density at radius 2 is 1.55 bits per heavy atom. The van der Waals surface area contributed by atoms with Crippen molar-refractivity contribution >= 4 is 23.7 Å². The molecular formula is C22H24FN3O2S. The highest BCUT2D eigenvalue weighted by atomic mass is 32.2. The van der Waals surface area contributed by atoms with Gasteiger partial charge in [0.2, 0.25) is 0 Å². The average Bonchev–Trinajstić information content (AvgIpc) is 3.52. The van der Waals surface area contributed by atoms with Crippen molar-refractivity contribution in [2.45, 2.75) is 22.5 Å². The molecule has 1 saturated carbocycles. The van der Waals surface area contributed by atoms with E-state index in [0.717, 1.165) is 12.8 Å². The lowest BCUT2D eigenvalue weighted by Gasteiger charge is -2.35. The summed E-state index contributed by atoms with van der Waals surface area (Å²) >= 11 is 1.83. The molecule has 2 aromatic rings. The molecule has 0 unspecified atom stereocenters. The van der Waals surface area contributed by atoms with Gasteiger partial charge in [-0.1, -0.05) is 30.3 Å². The van der Waals surface area contributed by atoms with Crippen molar-refractivity contribution in [3.05, 3.63) is 66.0 Å². The van der Waals surface area contributed by atoms with Crippen molar-refractivity contribution in [1.29, 1.82) is 0 Å². The molecule has 29 heavy (non-hydrogen) atoms. The van der Waals surface area contributed by atoms with Gasteiger partial charge in [0, 0.05) is 42.4 Å². The van der Waals surface area contributed by atoms with Crippen molar-refractivity contribution < 1.29 is 14.0 Å². The van der Waals surface area contributed by atoms with Crippen LogP contribution in [0.4, 0.5) is 9.18 Å². The topological polar surface area (TPSA) is 52.7 Å². The van der Waals surface area contributed by atoms with Gasteiger partial charge in [0.1, 0.15) is 5.82 Å². The average molecular weight is 414 g/mol. The molecule has 0 aromatic heterocycles. The first kappa shape index (κ1) is 19.8. The maximum Gasteiger partial charge on any atom is 0.317 e. The summed E-state index contributed by atoms with van der Waals surface area (Å²) in [5.74, 6) is -0.831. The lowest BCUT2D eigenvalue weighted by molar-refractivity contribution is 0.0660. The van der Waals surface area contributed by atoms with Crippen LogP contribution in [0.1, 0.15) is 23.2 Å². The Kier molecular flexibility index (Phi) is 5.76. The van der Waals surface area contributed by atoms with Crippen LogP contribution in [-0.4, -0.2) is 59.2 Å². The Morgan fingerprint density at radius 1 is 0.931 bits per heavy atom. The molecule has 0 atom stereocenters. The zero-order chi connectivity index (χ0) is 20.3. The Labute approximate surface area is 174 Å². The van der Waals surface area contributed by atoms with E-state index in [0.29, 0.717) is 32.7 Å². The first-order valence-corrected chi connectivity index (χ1v) is 10.7. The fourth-order valence-corrected chi connectivity index (χ4v) is 4.70. The highest BCUT2D eigenvalue weighted by Gasteiger charge is 2.44. The van der Waals surface area contributed by atoms with Gasteiger partial charge in [-0.25, -0.2) is 9.18 Å². The third kappa shape index (κ3) is 4.72. The fourth-order valence-electron chi connectivity index (χ4n) is 3.46. The van der Waals surface area contributed by atoms with Gasteiger partial charge >= 0.3 is 6.03 Å². The number of hydrogen-bond acceptors (Lipinski definition) is 3. The maximum absolute atomic E-state index is 13.9. The quantitative estimate of drug-likeness (QED) is 0.815. The zero-order valence-corrected chi connectivity index (χ0v) is 17.0. The van der Waals surface area contributed by atoms with Crippen LogP contribution in [0.3, 0.4) is 0 Å². The van der Waals surface area contributed by atoms with Crippen LogP contribution >= 0.6 is 11.8 Å². The van der Waals surface area contributed by atoms with Crippen molar-refractivity contribution in [2.75, 3.05) is 32.7 Å². The van der Waals surface area contributed by atoms with E-state index in [-0.39, 0.29) is 22.2 Å². The van der Waals surface area contributed by atoms with Crippen LogP contribution < -0.4 is 5.32 Å². The molecule has 1 aliphatic carbocycles. The molecular weight excluding hydrogens is 389 g/mol. The van der Waals surface area contributed by atoms with Crippen LogP contribution in [-0.2, 0) is 0 Å². The van der Waals surface area contributed by atoms with Crippen molar-refractivity contribution in [2.24, 2.45) is 0 Å². The predicted octanol–water partition coefficient (Wildman–Crippen LogP) is 3.62. The number of thioether (sulfide) groups is 1. The Hall–Kier alpha value is -2.54. The number of urea groups is 1. The van der Waals surface area contributed by atoms with Crippen LogP contribution in [0, 0.1) is 5.82 Å². The van der Waals surface area contributed by atoms with Crippen LogP contribution in [0.15, 0.2) is 59.5 Å². The van der Waals surface area contributed by atoms with Gasteiger partial charge in [0.15, 0.2) is 0 Å². The molecule has 2 aromatic carbocycles. The number of carbonyl (C=O) groups excluding carboxylic acids is 2. The van der Waals surface area contributed by atoms with E-state index in [1.165, 1.54) is 17.0 Å². The summed E-state index contributed by atoms with van der Waals surface area (Å²) in [6, 6.07) is 16.2. The van der Waals surface area contributed by atoms with E-state index >= 15 is 0 Å². The van der Waals surface area contributed by atoms with Gasteiger partial charge in [-0.2, -0.15) is 0 Å². The third-order valence-electron chi connectivity index (χ3n) is 5.41. The number of nitrogens with zero attached hydrogens (tertiary/aromatic N) is 2. The summed E-state index contributed by atoms with van der Waals surface area (Å²) in [6.45, 7) is 2.35. The van der Waals surface area contributed by atoms with Crippen LogP contribution in [0.2, 0.25) is 0 Å². The van der Waals surface area contributed by atoms with Crippen molar-refractivity contribution in [1.82, 2.24) is 15.1 Å². The molecule has 0 spiro atoms. The fraction of sp³-hybridized carbons (Fsp3) is 0.364. The second-order valence-corrected chi connectivity index (χ2v) is 9.06. The molecule has 5 nitrogen and oxygen atoms in total. The third-order valence-corrected chi connectivity index (χ3v) is 6.90. The minimum atomic E-state index is -0.511. The highest BCUT2D eigenvalue weighted by Crippen LogP contribution is 2.51. The number of halogens is 1. The molecule has 2 fully saturated rings. The monoisotopic (exact) mass is 413 g/mol. The van der Waals surface area contributed by atoms with E-state index in [1.807, 2.05) is 30.0 Å². The maximum atomic E-state index is 13.9. The zero-order valence-electron chi connectivity index (χ0n) is 16.1. The second kappa shape index (κ2) is 8.45. The number of amides is 3. The normalized spacial score (nSPS) is 17.7. The molecule has 152 valence electrons. The smallest absolute Gasteiger partial charge is 0.317 e. The molecule has 2 aliphatic rings. The predicted molar refractivity (Wildman–Crippen MR) is 112 cm³/mol. The largest absolute Gasteiger partial charge is 0.337 e. The molecule has 3 amide bonds.